The van der Waals surface area contributed by atoms with Crippen molar-refractivity contribution in [2.45, 2.75) is 32.2 Å². The number of benzene rings is 1. The van der Waals surface area contributed by atoms with Crippen LogP contribution in [0.15, 0.2) is 42.6 Å². The Bertz CT molecular complexity index is 791. The van der Waals surface area contributed by atoms with Crippen molar-refractivity contribution in [1.29, 1.82) is 0 Å². The van der Waals surface area contributed by atoms with Crippen molar-refractivity contribution in [2.24, 2.45) is 5.92 Å². The molecule has 0 fully saturated rings. The predicted molar refractivity (Wildman–Crippen MR) is 95.2 cm³/mol. The van der Waals surface area contributed by atoms with E-state index in [1.165, 1.54) is 0 Å². The third kappa shape index (κ3) is 3.96. The van der Waals surface area contributed by atoms with E-state index in [9.17, 15) is 9.59 Å². The third-order valence-corrected chi connectivity index (χ3v) is 4.51. The summed E-state index contributed by atoms with van der Waals surface area (Å²) in [5.41, 5.74) is 3.22. The van der Waals surface area contributed by atoms with Crippen molar-refractivity contribution in [2.75, 3.05) is 5.32 Å². The lowest BCUT2D eigenvalue weighted by atomic mass is 9.95. The largest absolute Gasteiger partial charge is 0.465 e. The molecule has 3 rings (SSSR count). The summed E-state index contributed by atoms with van der Waals surface area (Å²) < 4.78 is 0. The smallest absolute Gasteiger partial charge is 0.405 e. The monoisotopic (exact) mass is 339 g/mol. The number of nitrogens with zero attached hydrogens (tertiary/aromatic N) is 1. The minimum absolute atomic E-state index is 0.0231. The van der Waals surface area contributed by atoms with E-state index in [0.29, 0.717) is 18.5 Å². The van der Waals surface area contributed by atoms with Gasteiger partial charge in [-0.2, -0.15) is 0 Å². The third-order valence-electron chi connectivity index (χ3n) is 4.51. The first-order valence-corrected chi connectivity index (χ1v) is 8.40. The summed E-state index contributed by atoms with van der Waals surface area (Å²) in [6, 6.07) is 11.0. The molecule has 1 aromatic carbocycles. The lowest BCUT2D eigenvalue weighted by Crippen LogP contribution is -2.28. The van der Waals surface area contributed by atoms with Crippen LogP contribution in [0.4, 0.5) is 10.5 Å². The average Bonchev–Trinajstić information content (AvgIpc) is 2.60. The Morgan fingerprint density at radius 3 is 2.88 bits per heavy atom. The standard InChI is InChI=1S/C19H21N3O3/c1-12-5-4-8-16(22-19(24)25)17-11-13(9-10-20-17)14-6-2-3-7-15(14)21-18(12)23/h2-3,6-7,9-12,16,22H,4-5,8H2,1H3,(H,21,23)(H,24,25)/t12-,16+/m1/s1. The molecule has 1 aliphatic rings. The number of amides is 2. The topological polar surface area (TPSA) is 91.3 Å². The van der Waals surface area contributed by atoms with Crippen molar-refractivity contribution in [3.63, 3.8) is 0 Å². The van der Waals surface area contributed by atoms with E-state index in [-0.39, 0.29) is 17.9 Å². The number of carbonyl (C=O) groups excluding carboxylic acids is 1. The molecule has 0 saturated heterocycles. The first kappa shape index (κ1) is 17.0. The van der Waals surface area contributed by atoms with Crippen LogP contribution in [0.5, 0.6) is 0 Å². The first-order valence-electron chi connectivity index (χ1n) is 8.40. The molecule has 1 aromatic heterocycles. The van der Waals surface area contributed by atoms with Crippen molar-refractivity contribution in [3.05, 3.63) is 48.3 Å². The molecular formula is C19H21N3O3. The van der Waals surface area contributed by atoms with Gasteiger partial charge in [-0.1, -0.05) is 31.5 Å². The number of aromatic nitrogens is 1. The predicted octanol–water partition coefficient (Wildman–Crippen LogP) is 3.82. The Balaban J connectivity index is 2.07. The second-order valence-corrected chi connectivity index (χ2v) is 6.34. The lowest BCUT2D eigenvalue weighted by molar-refractivity contribution is -0.119. The summed E-state index contributed by atoms with van der Waals surface area (Å²) in [7, 11) is 0. The number of fused-ring (bicyclic) bond motifs is 4. The molecule has 2 aromatic rings. The molecule has 130 valence electrons. The molecule has 2 amide bonds. The molecule has 2 heterocycles. The quantitative estimate of drug-likeness (QED) is 0.736. The Morgan fingerprint density at radius 1 is 1.28 bits per heavy atom. The van der Waals surface area contributed by atoms with Gasteiger partial charge in [-0.15, -0.1) is 0 Å². The number of pyridine rings is 1. The first-order chi connectivity index (χ1) is 12.0. The molecule has 0 aliphatic carbocycles. The number of hydrogen-bond acceptors (Lipinski definition) is 3. The van der Waals surface area contributed by atoms with Crippen LogP contribution in [-0.4, -0.2) is 22.1 Å². The van der Waals surface area contributed by atoms with E-state index in [1.807, 2.05) is 43.3 Å². The normalized spacial score (nSPS) is 20.4. The molecule has 6 heteroatoms. The van der Waals surface area contributed by atoms with Crippen LogP contribution < -0.4 is 10.6 Å². The van der Waals surface area contributed by atoms with Crippen molar-refractivity contribution >= 4 is 17.7 Å². The molecule has 0 spiro atoms. The van der Waals surface area contributed by atoms with Crippen molar-refractivity contribution < 1.29 is 14.7 Å². The fourth-order valence-electron chi connectivity index (χ4n) is 3.11. The molecule has 25 heavy (non-hydrogen) atoms. The van der Waals surface area contributed by atoms with Gasteiger partial charge in [0.15, 0.2) is 0 Å². The van der Waals surface area contributed by atoms with E-state index in [4.69, 9.17) is 5.11 Å². The lowest BCUT2D eigenvalue weighted by Gasteiger charge is -2.21. The van der Waals surface area contributed by atoms with Gasteiger partial charge in [0.2, 0.25) is 5.91 Å². The van der Waals surface area contributed by atoms with Crippen LogP contribution in [0.25, 0.3) is 11.1 Å². The SMILES string of the molecule is C[C@@H]1CCC[C@H](NC(=O)O)c2cc(ccn2)-c2ccccc2NC1=O. The molecule has 0 saturated carbocycles. The Morgan fingerprint density at radius 2 is 2.08 bits per heavy atom. The van der Waals surface area contributed by atoms with Crippen LogP contribution in [0.3, 0.4) is 0 Å². The molecule has 3 N–H and O–H groups in total. The number of rotatable bonds is 1. The minimum atomic E-state index is -1.07. The van der Waals surface area contributed by atoms with E-state index in [2.05, 4.69) is 15.6 Å². The maximum Gasteiger partial charge on any atom is 0.405 e. The second-order valence-electron chi connectivity index (χ2n) is 6.34. The molecule has 6 nitrogen and oxygen atoms in total. The van der Waals surface area contributed by atoms with E-state index >= 15 is 0 Å². The van der Waals surface area contributed by atoms with Gasteiger partial charge >= 0.3 is 6.09 Å². The Labute approximate surface area is 146 Å². The number of para-hydroxylation sites is 1. The van der Waals surface area contributed by atoms with Crippen LogP contribution in [0.1, 0.15) is 37.9 Å². The average molecular weight is 339 g/mol. The van der Waals surface area contributed by atoms with Gasteiger partial charge < -0.3 is 15.7 Å². The number of carbonyl (C=O) groups is 2. The highest BCUT2D eigenvalue weighted by Gasteiger charge is 2.21. The van der Waals surface area contributed by atoms with Crippen molar-refractivity contribution in [3.8, 4) is 11.1 Å². The number of carboxylic acid groups (broad SMARTS) is 1. The molecule has 2 atom stereocenters. The minimum Gasteiger partial charge on any atom is -0.465 e. The van der Waals surface area contributed by atoms with Crippen LogP contribution in [-0.2, 0) is 4.79 Å². The fraction of sp³-hybridized carbons (Fsp3) is 0.316. The van der Waals surface area contributed by atoms with Gasteiger partial charge in [-0.3, -0.25) is 9.78 Å². The highest BCUT2D eigenvalue weighted by atomic mass is 16.4. The Kier molecular flexibility index (Phi) is 4.97. The molecular weight excluding hydrogens is 318 g/mol. The fourth-order valence-corrected chi connectivity index (χ4v) is 3.11. The maximum atomic E-state index is 12.4. The van der Waals surface area contributed by atoms with E-state index in [0.717, 1.165) is 23.2 Å². The molecule has 1 aliphatic heterocycles. The van der Waals surface area contributed by atoms with Gasteiger partial charge in [0.25, 0.3) is 0 Å². The zero-order valence-corrected chi connectivity index (χ0v) is 14.0. The maximum absolute atomic E-state index is 12.4. The summed E-state index contributed by atoms with van der Waals surface area (Å²) in [6.07, 6.45) is 2.62. The highest BCUT2D eigenvalue weighted by molar-refractivity contribution is 5.96. The second kappa shape index (κ2) is 7.34. The van der Waals surface area contributed by atoms with Gasteiger partial charge in [0.1, 0.15) is 0 Å². The van der Waals surface area contributed by atoms with Gasteiger partial charge in [-0.25, -0.2) is 4.79 Å². The summed E-state index contributed by atoms with van der Waals surface area (Å²) in [5, 5.41) is 14.7. The molecule has 2 bridgehead atoms. The highest BCUT2D eigenvalue weighted by Crippen LogP contribution is 2.31. The molecule has 0 radical (unpaired) electrons. The zero-order chi connectivity index (χ0) is 17.8. The number of hydrogen-bond donors (Lipinski definition) is 3. The van der Waals surface area contributed by atoms with E-state index in [1.54, 1.807) is 6.20 Å². The van der Waals surface area contributed by atoms with Gasteiger partial charge in [0.05, 0.1) is 11.7 Å². The molecule has 0 unspecified atom stereocenters. The Hall–Kier alpha value is -2.89. The summed E-state index contributed by atoms with van der Waals surface area (Å²) in [4.78, 5) is 28.0. The van der Waals surface area contributed by atoms with Crippen LogP contribution in [0.2, 0.25) is 0 Å². The summed E-state index contributed by atoms with van der Waals surface area (Å²) in [5.74, 6) is -0.172. The van der Waals surface area contributed by atoms with Gasteiger partial charge in [0, 0.05) is 23.4 Å². The van der Waals surface area contributed by atoms with Gasteiger partial charge in [-0.05, 0) is 36.6 Å². The van der Waals surface area contributed by atoms with Crippen LogP contribution in [0, 0.1) is 5.92 Å². The van der Waals surface area contributed by atoms with Crippen LogP contribution >= 0.6 is 0 Å². The number of anilines is 1. The number of nitrogens with one attached hydrogen (secondary N) is 2. The summed E-state index contributed by atoms with van der Waals surface area (Å²) in [6.45, 7) is 1.89. The zero-order valence-electron chi connectivity index (χ0n) is 14.0. The summed E-state index contributed by atoms with van der Waals surface area (Å²) >= 11 is 0. The van der Waals surface area contributed by atoms with Crippen molar-refractivity contribution in [1.82, 2.24) is 10.3 Å². The van der Waals surface area contributed by atoms with E-state index < -0.39 is 6.09 Å².